The fourth-order valence-electron chi connectivity index (χ4n) is 2.24. The summed E-state index contributed by atoms with van der Waals surface area (Å²) in [6, 6.07) is 8.43. The number of nitrogens with one attached hydrogen (secondary N) is 1. The molecule has 0 aliphatic carbocycles. The minimum atomic E-state index is -3.64. The topological polar surface area (TPSA) is 86.1 Å². The summed E-state index contributed by atoms with van der Waals surface area (Å²) in [6.45, 7) is 2.48. The molecule has 2 heterocycles. The zero-order valence-electron chi connectivity index (χ0n) is 13.6. The first-order chi connectivity index (χ1) is 12.1. The second-order valence-corrected chi connectivity index (χ2v) is 7.67. The molecule has 0 saturated heterocycles. The number of ether oxygens (including phenoxy) is 1. The van der Waals surface area contributed by atoms with Gasteiger partial charge in [0.2, 0.25) is 15.2 Å². The summed E-state index contributed by atoms with van der Waals surface area (Å²) in [7, 11) is -3.64. The molecule has 2 aromatic heterocycles. The van der Waals surface area contributed by atoms with Crippen LogP contribution in [0, 0.1) is 0 Å². The predicted octanol–water partition coefficient (Wildman–Crippen LogP) is 2.25. The van der Waals surface area contributed by atoms with Gasteiger partial charge in [-0.15, -0.1) is 11.3 Å². The van der Waals surface area contributed by atoms with Crippen molar-refractivity contribution in [2.45, 2.75) is 18.2 Å². The van der Waals surface area contributed by atoms with Crippen LogP contribution in [0.25, 0.3) is 5.13 Å². The highest BCUT2D eigenvalue weighted by atomic mass is 32.2. The fraction of sp³-hybridized carbons (Fsp3) is 0.250. The van der Waals surface area contributed by atoms with E-state index in [2.05, 4.69) is 14.8 Å². The smallest absolute Gasteiger partial charge is 0.244 e. The first kappa shape index (κ1) is 17.6. The highest BCUT2D eigenvalue weighted by molar-refractivity contribution is 7.89. The number of sulfonamides is 1. The predicted molar refractivity (Wildman–Crippen MR) is 95.7 cm³/mol. The van der Waals surface area contributed by atoms with Crippen LogP contribution in [0.5, 0.6) is 5.75 Å². The van der Waals surface area contributed by atoms with Crippen molar-refractivity contribution >= 4 is 21.4 Å². The van der Waals surface area contributed by atoms with Crippen molar-refractivity contribution in [1.82, 2.24) is 19.5 Å². The van der Waals surface area contributed by atoms with Crippen LogP contribution in [0.1, 0.15) is 12.6 Å². The molecule has 3 rings (SSSR count). The molecule has 0 aliphatic heterocycles. The van der Waals surface area contributed by atoms with E-state index in [1.165, 1.54) is 17.4 Å². The largest absolute Gasteiger partial charge is 0.492 e. The van der Waals surface area contributed by atoms with Crippen molar-refractivity contribution in [3.63, 3.8) is 0 Å². The monoisotopic (exact) mass is 378 g/mol. The molecular weight excluding hydrogens is 360 g/mol. The summed E-state index contributed by atoms with van der Waals surface area (Å²) in [5.74, 6) is 0.354. The molecule has 0 spiro atoms. The maximum Gasteiger partial charge on any atom is 0.244 e. The quantitative estimate of drug-likeness (QED) is 0.650. The molecule has 25 heavy (non-hydrogen) atoms. The molecule has 0 aliphatic rings. The second-order valence-electron chi connectivity index (χ2n) is 5.10. The Hall–Kier alpha value is -2.23. The third kappa shape index (κ3) is 4.25. The highest BCUT2D eigenvalue weighted by Gasteiger charge is 2.18. The van der Waals surface area contributed by atoms with Gasteiger partial charge in [0, 0.05) is 30.7 Å². The van der Waals surface area contributed by atoms with E-state index in [9.17, 15) is 8.42 Å². The molecule has 0 fully saturated rings. The van der Waals surface area contributed by atoms with E-state index in [0.29, 0.717) is 18.8 Å². The molecule has 0 saturated carbocycles. The van der Waals surface area contributed by atoms with Gasteiger partial charge in [0.05, 0.1) is 12.3 Å². The minimum Gasteiger partial charge on any atom is -0.492 e. The highest BCUT2D eigenvalue weighted by Crippen LogP contribution is 2.23. The molecule has 0 unspecified atom stereocenters. The molecule has 1 N–H and O–H groups in total. The number of para-hydroxylation sites is 1. The lowest BCUT2D eigenvalue weighted by atomic mass is 10.3. The van der Waals surface area contributed by atoms with E-state index < -0.39 is 10.0 Å². The normalized spacial score (nSPS) is 11.6. The number of rotatable bonds is 8. The average Bonchev–Trinajstić information content (AvgIpc) is 3.27. The summed E-state index contributed by atoms with van der Waals surface area (Å²) >= 11 is 1.46. The van der Waals surface area contributed by atoms with Crippen LogP contribution in [0.4, 0.5) is 0 Å². The molecule has 1 aromatic carbocycles. The first-order valence-corrected chi connectivity index (χ1v) is 10.1. The molecule has 7 nitrogen and oxygen atoms in total. The van der Waals surface area contributed by atoms with Gasteiger partial charge in [-0.1, -0.05) is 12.1 Å². The fourth-order valence-corrected chi connectivity index (χ4v) is 4.21. The number of thiazole rings is 1. The molecule has 3 aromatic rings. The lowest BCUT2D eigenvalue weighted by Gasteiger charge is -2.11. The Kier molecular flexibility index (Phi) is 5.47. The average molecular weight is 378 g/mol. The van der Waals surface area contributed by atoms with Crippen LogP contribution in [0.2, 0.25) is 0 Å². The number of hydrogen-bond donors (Lipinski definition) is 1. The summed E-state index contributed by atoms with van der Waals surface area (Å²) in [5, 5.41) is 6.78. The van der Waals surface area contributed by atoms with E-state index in [4.69, 9.17) is 4.74 Å². The molecule has 0 atom stereocenters. The van der Waals surface area contributed by atoms with Gasteiger partial charge in [-0.25, -0.2) is 22.8 Å². The lowest BCUT2D eigenvalue weighted by molar-refractivity contribution is 0.331. The third-order valence-corrected chi connectivity index (χ3v) is 5.73. The van der Waals surface area contributed by atoms with Crippen molar-refractivity contribution < 1.29 is 13.2 Å². The number of nitrogens with zero attached hydrogens (tertiary/aromatic N) is 3. The van der Waals surface area contributed by atoms with Crippen LogP contribution < -0.4 is 9.46 Å². The second kappa shape index (κ2) is 7.77. The van der Waals surface area contributed by atoms with Crippen LogP contribution in [0.3, 0.4) is 0 Å². The van der Waals surface area contributed by atoms with Crippen LogP contribution in [0.15, 0.2) is 53.0 Å². The zero-order chi connectivity index (χ0) is 17.7. The summed E-state index contributed by atoms with van der Waals surface area (Å²) < 4.78 is 34.6. The standard InChI is InChI=1S/C16H18N4O3S2/c1-2-23-14-6-3-4-7-15(14)25(21,22)18-10-8-13-12-24-16(19-13)20-11-5-9-17-20/h3-7,9,11-12,18H,2,8,10H2,1H3. The van der Waals surface area contributed by atoms with Crippen LogP contribution in [-0.4, -0.2) is 36.3 Å². The number of aromatic nitrogens is 3. The van der Waals surface area contributed by atoms with Gasteiger partial charge in [-0.2, -0.15) is 5.10 Å². The van der Waals surface area contributed by atoms with Crippen molar-refractivity contribution in [3.05, 3.63) is 53.8 Å². The first-order valence-electron chi connectivity index (χ1n) is 7.76. The maximum atomic E-state index is 12.5. The van der Waals surface area contributed by atoms with E-state index >= 15 is 0 Å². The van der Waals surface area contributed by atoms with Gasteiger partial charge in [0.15, 0.2) is 0 Å². The van der Waals surface area contributed by atoms with E-state index in [1.54, 1.807) is 29.1 Å². The van der Waals surface area contributed by atoms with E-state index in [-0.39, 0.29) is 11.4 Å². The van der Waals surface area contributed by atoms with Crippen LogP contribution in [-0.2, 0) is 16.4 Å². The van der Waals surface area contributed by atoms with Crippen molar-refractivity contribution in [3.8, 4) is 10.9 Å². The van der Waals surface area contributed by atoms with Gasteiger partial charge >= 0.3 is 0 Å². The van der Waals surface area contributed by atoms with Crippen molar-refractivity contribution in [2.24, 2.45) is 0 Å². The minimum absolute atomic E-state index is 0.146. The van der Waals surface area contributed by atoms with Gasteiger partial charge in [-0.3, -0.25) is 0 Å². The van der Waals surface area contributed by atoms with Gasteiger partial charge < -0.3 is 4.74 Å². The zero-order valence-corrected chi connectivity index (χ0v) is 15.3. The Labute approximate surface area is 150 Å². The Morgan fingerprint density at radius 3 is 2.88 bits per heavy atom. The van der Waals surface area contributed by atoms with Gasteiger partial charge in [0.1, 0.15) is 10.6 Å². The van der Waals surface area contributed by atoms with Gasteiger partial charge in [-0.05, 0) is 25.1 Å². The van der Waals surface area contributed by atoms with Gasteiger partial charge in [0.25, 0.3) is 0 Å². The third-order valence-electron chi connectivity index (χ3n) is 3.35. The molecule has 0 amide bonds. The Balaban J connectivity index is 1.63. The Morgan fingerprint density at radius 1 is 1.28 bits per heavy atom. The van der Waals surface area contributed by atoms with Crippen molar-refractivity contribution in [2.75, 3.05) is 13.2 Å². The Morgan fingerprint density at radius 2 is 2.12 bits per heavy atom. The number of hydrogen-bond acceptors (Lipinski definition) is 6. The van der Waals surface area contributed by atoms with Crippen molar-refractivity contribution in [1.29, 1.82) is 0 Å². The number of benzene rings is 1. The molecule has 9 heteroatoms. The summed E-state index contributed by atoms with van der Waals surface area (Å²) in [5.41, 5.74) is 0.816. The SMILES string of the molecule is CCOc1ccccc1S(=O)(=O)NCCc1csc(-n2cccn2)n1. The maximum absolute atomic E-state index is 12.5. The lowest BCUT2D eigenvalue weighted by Crippen LogP contribution is -2.26. The summed E-state index contributed by atoms with van der Waals surface area (Å²) in [6.07, 6.45) is 3.99. The van der Waals surface area contributed by atoms with Crippen LogP contribution >= 0.6 is 11.3 Å². The molecule has 132 valence electrons. The van der Waals surface area contributed by atoms with E-state index in [0.717, 1.165) is 10.8 Å². The summed E-state index contributed by atoms with van der Waals surface area (Å²) in [4.78, 5) is 4.60. The molecule has 0 bridgehead atoms. The Bertz CT molecular complexity index is 921. The van der Waals surface area contributed by atoms with E-state index in [1.807, 2.05) is 24.6 Å². The molecule has 0 radical (unpaired) electrons. The molecular formula is C16H18N4O3S2.